The van der Waals surface area contributed by atoms with Gasteiger partial charge in [0.25, 0.3) is 0 Å². The lowest BCUT2D eigenvalue weighted by atomic mass is 9.91. The summed E-state index contributed by atoms with van der Waals surface area (Å²) in [6, 6.07) is 8.74. The normalized spacial score (nSPS) is 23.5. The van der Waals surface area contributed by atoms with Crippen LogP contribution in [0.15, 0.2) is 30.5 Å². The van der Waals surface area contributed by atoms with Crippen molar-refractivity contribution >= 4 is 28.2 Å². The number of hydrogen-bond acceptors (Lipinski definition) is 3. The topological polar surface area (TPSA) is 50.9 Å². The minimum Gasteiger partial charge on any atom is -0.381 e. The number of benzene rings is 1. The highest BCUT2D eigenvalue weighted by molar-refractivity contribution is 6.35. The number of pyridine rings is 1. The molecule has 0 amide bonds. The molecule has 0 atom stereocenters. The molecule has 3 N–H and O–H groups in total. The van der Waals surface area contributed by atoms with Crippen molar-refractivity contribution < 1.29 is 0 Å². The van der Waals surface area contributed by atoms with E-state index in [1.165, 1.54) is 0 Å². The summed E-state index contributed by atoms with van der Waals surface area (Å²) in [7, 11) is 0. The van der Waals surface area contributed by atoms with Crippen LogP contribution in [0, 0.1) is 0 Å². The van der Waals surface area contributed by atoms with Crippen LogP contribution in [0.25, 0.3) is 10.9 Å². The number of halogens is 1. The van der Waals surface area contributed by atoms with E-state index in [0.29, 0.717) is 12.1 Å². The molecule has 0 unspecified atom stereocenters. The average molecular weight is 276 g/mol. The second-order valence-electron chi connectivity index (χ2n) is 5.25. The number of nitrogens with two attached hydrogens (primary N) is 1. The Morgan fingerprint density at radius 1 is 1.16 bits per heavy atom. The van der Waals surface area contributed by atoms with E-state index in [9.17, 15) is 0 Å². The van der Waals surface area contributed by atoms with Gasteiger partial charge in [0.15, 0.2) is 0 Å². The van der Waals surface area contributed by atoms with Gasteiger partial charge in [0.05, 0.1) is 16.2 Å². The van der Waals surface area contributed by atoms with Crippen LogP contribution >= 0.6 is 11.6 Å². The van der Waals surface area contributed by atoms with Crippen molar-refractivity contribution in [1.29, 1.82) is 0 Å². The maximum Gasteiger partial charge on any atom is 0.0948 e. The number of anilines is 1. The number of rotatable bonds is 2. The molecule has 4 heteroatoms. The van der Waals surface area contributed by atoms with Gasteiger partial charge in [-0.2, -0.15) is 0 Å². The zero-order valence-corrected chi connectivity index (χ0v) is 11.5. The van der Waals surface area contributed by atoms with Crippen molar-refractivity contribution in [2.45, 2.75) is 37.8 Å². The smallest absolute Gasteiger partial charge is 0.0948 e. The third kappa shape index (κ3) is 2.67. The van der Waals surface area contributed by atoms with Gasteiger partial charge >= 0.3 is 0 Å². The molecule has 1 saturated carbocycles. The monoisotopic (exact) mass is 275 g/mol. The molecule has 1 aromatic carbocycles. The van der Waals surface area contributed by atoms with E-state index in [-0.39, 0.29) is 0 Å². The van der Waals surface area contributed by atoms with Gasteiger partial charge in [-0.1, -0.05) is 11.6 Å². The summed E-state index contributed by atoms with van der Waals surface area (Å²) in [5.41, 5.74) is 7.96. The van der Waals surface area contributed by atoms with E-state index in [4.69, 9.17) is 17.3 Å². The molecule has 100 valence electrons. The Balaban J connectivity index is 1.87. The van der Waals surface area contributed by atoms with Crippen molar-refractivity contribution in [2.75, 3.05) is 5.32 Å². The summed E-state index contributed by atoms with van der Waals surface area (Å²) in [5.74, 6) is 0. The molecule has 1 fully saturated rings. The van der Waals surface area contributed by atoms with E-state index < -0.39 is 0 Å². The molecule has 0 spiro atoms. The van der Waals surface area contributed by atoms with Crippen LogP contribution in [0.5, 0.6) is 0 Å². The van der Waals surface area contributed by atoms with Crippen molar-refractivity contribution in [1.82, 2.24) is 4.98 Å². The first-order chi connectivity index (χ1) is 9.24. The van der Waals surface area contributed by atoms with Crippen LogP contribution in [0.3, 0.4) is 0 Å². The molecule has 0 radical (unpaired) electrons. The molecule has 3 nitrogen and oxygen atoms in total. The van der Waals surface area contributed by atoms with Crippen LogP contribution in [0.4, 0.5) is 5.69 Å². The third-order valence-corrected chi connectivity index (χ3v) is 4.18. The Kier molecular flexibility index (Phi) is 3.58. The van der Waals surface area contributed by atoms with Crippen molar-refractivity contribution in [2.24, 2.45) is 5.73 Å². The first-order valence-electron chi connectivity index (χ1n) is 6.79. The lowest BCUT2D eigenvalue weighted by Gasteiger charge is -2.28. The molecule has 0 bridgehead atoms. The Hall–Kier alpha value is -1.32. The average Bonchev–Trinajstić information content (AvgIpc) is 2.45. The van der Waals surface area contributed by atoms with E-state index in [1.807, 2.05) is 24.3 Å². The zero-order valence-electron chi connectivity index (χ0n) is 10.8. The predicted molar refractivity (Wildman–Crippen MR) is 80.6 cm³/mol. The summed E-state index contributed by atoms with van der Waals surface area (Å²) < 4.78 is 0. The quantitative estimate of drug-likeness (QED) is 0.881. The standard InChI is InChI=1S/C15H18ClN3/c16-13-7-8-14(15-12(13)2-1-9-18-15)19-11-5-3-10(17)4-6-11/h1-2,7-11,19H,3-6,17H2. The molecule has 0 aliphatic heterocycles. The number of nitrogens with one attached hydrogen (secondary N) is 1. The lowest BCUT2D eigenvalue weighted by Crippen LogP contribution is -2.32. The number of hydrogen-bond donors (Lipinski definition) is 2. The maximum absolute atomic E-state index is 6.21. The van der Waals surface area contributed by atoms with Crippen molar-refractivity contribution in [3.05, 3.63) is 35.5 Å². The zero-order chi connectivity index (χ0) is 13.2. The van der Waals surface area contributed by atoms with Gasteiger partial charge in [-0.3, -0.25) is 4.98 Å². The summed E-state index contributed by atoms with van der Waals surface area (Å²) in [4.78, 5) is 4.45. The van der Waals surface area contributed by atoms with Crippen LogP contribution in [-0.2, 0) is 0 Å². The first-order valence-corrected chi connectivity index (χ1v) is 7.17. The summed E-state index contributed by atoms with van der Waals surface area (Å²) in [6.07, 6.45) is 6.24. The summed E-state index contributed by atoms with van der Waals surface area (Å²) in [5, 5.41) is 5.35. The van der Waals surface area contributed by atoms with Gasteiger partial charge < -0.3 is 11.1 Å². The summed E-state index contributed by atoms with van der Waals surface area (Å²) in [6.45, 7) is 0. The highest BCUT2D eigenvalue weighted by atomic mass is 35.5. The van der Waals surface area contributed by atoms with E-state index in [2.05, 4.69) is 10.3 Å². The van der Waals surface area contributed by atoms with E-state index in [1.54, 1.807) is 6.20 Å². The van der Waals surface area contributed by atoms with Gasteiger partial charge in [-0.25, -0.2) is 0 Å². The highest BCUT2D eigenvalue weighted by Gasteiger charge is 2.19. The molecular formula is C15H18ClN3. The third-order valence-electron chi connectivity index (χ3n) is 3.85. The fourth-order valence-electron chi connectivity index (χ4n) is 2.74. The second kappa shape index (κ2) is 5.35. The van der Waals surface area contributed by atoms with Crippen molar-refractivity contribution in [3.8, 4) is 0 Å². The molecule has 0 saturated heterocycles. The predicted octanol–water partition coefficient (Wildman–Crippen LogP) is 3.57. The maximum atomic E-state index is 6.21. The van der Waals surface area contributed by atoms with E-state index in [0.717, 1.165) is 47.3 Å². The van der Waals surface area contributed by atoms with Gasteiger partial charge in [0.2, 0.25) is 0 Å². The summed E-state index contributed by atoms with van der Waals surface area (Å²) >= 11 is 6.21. The largest absolute Gasteiger partial charge is 0.381 e. The number of nitrogens with zero attached hydrogens (tertiary/aromatic N) is 1. The fourth-order valence-corrected chi connectivity index (χ4v) is 2.95. The molecular weight excluding hydrogens is 258 g/mol. The fraction of sp³-hybridized carbons (Fsp3) is 0.400. The Morgan fingerprint density at radius 3 is 2.74 bits per heavy atom. The minimum atomic E-state index is 0.373. The van der Waals surface area contributed by atoms with Crippen LogP contribution in [-0.4, -0.2) is 17.1 Å². The van der Waals surface area contributed by atoms with Gasteiger partial charge in [-0.15, -0.1) is 0 Å². The van der Waals surface area contributed by atoms with Gasteiger partial charge in [0, 0.05) is 23.7 Å². The Bertz CT molecular complexity index is 577. The molecule has 2 aromatic rings. The molecule has 1 aliphatic carbocycles. The number of aromatic nitrogens is 1. The lowest BCUT2D eigenvalue weighted by molar-refractivity contribution is 0.411. The molecule has 1 aromatic heterocycles. The Morgan fingerprint density at radius 2 is 1.95 bits per heavy atom. The second-order valence-corrected chi connectivity index (χ2v) is 5.66. The highest BCUT2D eigenvalue weighted by Crippen LogP contribution is 2.30. The van der Waals surface area contributed by atoms with E-state index >= 15 is 0 Å². The number of fused-ring (bicyclic) bond motifs is 1. The molecule has 19 heavy (non-hydrogen) atoms. The molecule has 1 aliphatic rings. The van der Waals surface area contributed by atoms with Crippen LogP contribution in [0.2, 0.25) is 5.02 Å². The van der Waals surface area contributed by atoms with Crippen LogP contribution in [0.1, 0.15) is 25.7 Å². The minimum absolute atomic E-state index is 0.373. The SMILES string of the molecule is NC1CCC(Nc2ccc(Cl)c3cccnc23)CC1. The molecule has 1 heterocycles. The molecule has 3 rings (SSSR count). The van der Waals surface area contributed by atoms with Gasteiger partial charge in [0.1, 0.15) is 0 Å². The van der Waals surface area contributed by atoms with Crippen molar-refractivity contribution in [3.63, 3.8) is 0 Å². The Labute approximate surface area is 118 Å². The van der Waals surface area contributed by atoms with Gasteiger partial charge in [-0.05, 0) is 49.9 Å². The first kappa shape index (κ1) is 12.7. The van der Waals surface area contributed by atoms with Crippen LogP contribution < -0.4 is 11.1 Å².